The summed E-state index contributed by atoms with van der Waals surface area (Å²) in [7, 11) is 4.09. The van der Waals surface area contributed by atoms with Crippen LogP contribution in [0.25, 0.3) is 11.4 Å². The molecule has 1 aromatic carbocycles. The topological polar surface area (TPSA) is 44.8 Å². The lowest BCUT2D eigenvalue weighted by molar-refractivity contribution is 0.429. The summed E-state index contributed by atoms with van der Waals surface area (Å²) >= 11 is 0. The number of nitrogens with one attached hydrogen (secondary N) is 1. The normalized spacial score (nSPS) is 16.3. The van der Waals surface area contributed by atoms with E-state index < -0.39 is 0 Å². The van der Waals surface area contributed by atoms with Crippen LogP contribution >= 0.6 is 0 Å². The lowest BCUT2D eigenvalue weighted by Gasteiger charge is -2.18. The number of nitrogens with zero attached hydrogens (tertiary/aromatic N) is 3. The minimum absolute atomic E-state index is 0.575. The van der Waals surface area contributed by atoms with Gasteiger partial charge in [-0.2, -0.15) is 5.10 Å². The van der Waals surface area contributed by atoms with Gasteiger partial charge in [0.25, 0.3) is 0 Å². The Balaban J connectivity index is 1.78. The van der Waals surface area contributed by atoms with E-state index in [2.05, 4.69) is 39.4 Å². The van der Waals surface area contributed by atoms with Crippen LogP contribution in [0.3, 0.4) is 0 Å². The van der Waals surface area contributed by atoms with Crippen LogP contribution in [0.4, 0.5) is 5.69 Å². The van der Waals surface area contributed by atoms with E-state index in [9.17, 15) is 0 Å². The lowest BCUT2D eigenvalue weighted by atomic mass is 9.89. The molecule has 1 heterocycles. The second-order valence-corrected chi connectivity index (χ2v) is 5.82. The molecule has 1 saturated carbocycles. The van der Waals surface area contributed by atoms with Gasteiger partial charge in [-0.25, -0.2) is 4.98 Å². The van der Waals surface area contributed by atoms with Crippen LogP contribution in [0.2, 0.25) is 0 Å². The summed E-state index contributed by atoms with van der Waals surface area (Å²) in [5.41, 5.74) is 2.27. The molecule has 106 valence electrons. The molecule has 3 rings (SSSR count). The molecule has 1 aliphatic carbocycles. The molecule has 4 nitrogen and oxygen atoms in total. The number of aromatic amines is 1. The Morgan fingerprint density at radius 3 is 2.40 bits per heavy atom. The highest BCUT2D eigenvalue weighted by Crippen LogP contribution is 2.31. The molecule has 0 radical (unpaired) electrons. The fourth-order valence-electron chi connectivity index (χ4n) is 2.87. The van der Waals surface area contributed by atoms with Gasteiger partial charge in [0.2, 0.25) is 0 Å². The molecule has 20 heavy (non-hydrogen) atoms. The largest absolute Gasteiger partial charge is 0.378 e. The van der Waals surface area contributed by atoms with Crippen LogP contribution in [-0.4, -0.2) is 29.3 Å². The number of aromatic nitrogens is 3. The Hall–Kier alpha value is -1.84. The molecule has 0 bridgehead atoms. The Morgan fingerprint density at radius 1 is 1.05 bits per heavy atom. The highest BCUT2D eigenvalue weighted by atomic mass is 15.2. The van der Waals surface area contributed by atoms with Crippen LogP contribution < -0.4 is 4.90 Å². The van der Waals surface area contributed by atoms with Crippen LogP contribution in [0, 0.1) is 0 Å². The molecular formula is C16H22N4. The summed E-state index contributed by atoms with van der Waals surface area (Å²) in [6, 6.07) is 8.38. The number of anilines is 1. The van der Waals surface area contributed by atoms with Crippen molar-refractivity contribution in [1.82, 2.24) is 15.2 Å². The third kappa shape index (κ3) is 2.69. The van der Waals surface area contributed by atoms with Crippen molar-refractivity contribution in [1.29, 1.82) is 0 Å². The Labute approximate surface area is 120 Å². The maximum absolute atomic E-state index is 4.70. The van der Waals surface area contributed by atoms with Crippen LogP contribution in [0.5, 0.6) is 0 Å². The summed E-state index contributed by atoms with van der Waals surface area (Å²) in [6.07, 6.45) is 6.49. The molecule has 0 aliphatic heterocycles. The highest BCUT2D eigenvalue weighted by molar-refractivity contribution is 5.59. The minimum Gasteiger partial charge on any atom is -0.378 e. The molecule has 4 heteroatoms. The first-order chi connectivity index (χ1) is 9.74. The SMILES string of the molecule is CN(C)c1ccc(-c2n[nH]c(C3CCCCC3)n2)cc1. The van der Waals surface area contributed by atoms with E-state index in [1.165, 1.54) is 37.8 Å². The van der Waals surface area contributed by atoms with Crippen molar-refractivity contribution >= 4 is 5.69 Å². The van der Waals surface area contributed by atoms with Gasteiger partial charge in [-0.05, 0) is 37.1 Å². The van der Waals surface area contributed by atoms with Crippen LogP contribution in [-0.2, 0) is 0 Å². The lowest BCUT2D eigenvalue weighted by Crippen LogP contribution is -2.08. The van der Waals surface area contributed by atoms with Crippen molar-refractivity contribution in [2.24, 2.45) is 0 Å². The molecule has 0 atom stereocenters. The minimum atomic E-state index is 0.575. The average molecular weight is 270 g/mol. The summed E-state index contributed by atoms with van der Waals surface area (Å²) in [5.74, 6) is 2.46. The fourth-order valence-corrected chi connectivity index (χ4v) is 2.87. The maximum Gasteiger partial charge on any atom is 0.181 e. The molecule has 2 aromatic rings. The van der Waals surface area contributed by atoms with Gasteiger partial charge in [-0.3, -0.25) is 5.10 Å². The third-order valence-corrected chi connectivity index (χ3v) is 4.14. The van der Waals surface area contributed by atoms with Gasteiger partial charge < -0.3 is 4.90 Å². The summed E-state index contributed by atoms with van der Waals surface area (Å²) in [5, 5.41) is 7.53. The quantitative estimate of drug-likeness (QED) is 0.927. The second-order valence-electron chi connectivity index (χ2n) is 5.82. The predicted molar refractivity (Wildman–Crippen MR) is 82.0 cm³/mol. The first kappa shape index (κ1) is 13.2. The van der Waals surface area contributed by atoms with E-state index in [0.717, 1.165) is 17.2 Å². The van der Waals surface area contributed by atoms with Gasteiger partial charge in [0.1, 0.15) is 5.82 Å². The smallest absolute Gasteiger partial charge is 0.181 e. The Kier molecular flexibility index (Phi) is 3.72. The highest BCUT2D eigenvalue weighted by Gasteiger charge is 2.19. The molecule has 1 aromatic heterocycles. The molecule has 0 unspecified atom stereocenters. The molecule has 1 aliphatic rings. The second kappa shape index (κ2) is 5.65. The van der Waals surface area contributed by atoms with E-state index in [0.29, 0.717) is 5.92 Å². The molecule has 1 fully saturated rings. The van der Waals surface area contributed by atoms with Crippen molar-refractivity contribution in [3.63, 3.8) is 0 Å². The zero-order valence-corrected chi connectivity index (χ0v) is 12.3. The number of benzene rings is 1. The van der Waals surface area contributed by atoms with Crippen molar-refractivity contribution < 1.29 is 0 Å². The van der Waals surface area contributed by atoms with Gasteiger partial charge in [0.05, 0.1) is 0 Å². The van der Waals surface area contributed by atoms with E-state index in [1.54, 1.807) is 0 Å². The molecule has 0 amide bonds. The predicted octanol–water partition coefficient (Wildman–Crippen LogP) is 3.59. The van der Waals surface area contributed by atoms with Gasteiger partial charge in [-0.1, -0.05) is 19.3 Å². The van der Waals surface area contributed by atoms with Gasteiger partial charge >= 0.3 is 0 Å². The zero-order chi connectivity index (χ0) is 13.9. The van der Waals surface area contributed by atoms with Crippen LogP contribution in [0.15, 0.2) is 24.3 Å². The number of hydrogen-bond donors (Lipinski definition) is 1. The Morgan fingerprint density at radius 2 is 1.75 bits per heavy atom. The fraction of sp³-hybridized carbons (Fsp3) is 0.500. The summed E-state index contributed by atoms with van der Waals surface area (Å²) in [6.45, 7) is 0. The molecular weight excluding hydrogens is 248 g/mol. The molecule has 1 N–H and O–H groups in total. The van der Waals surface area contributed by atoms with Crippen molar-refractivity contribution in [2.45, 2.75) is 38.0 Å². The zero-order valence-electron chi connectivity index (χ0n) is 12.3. The number of rotatable bonds is 3. The summed E-state index contributed by atoms with van der Waals surface area (Å²) in [4.78, 5) is 6.79. The average Bonchev–Trinajstić information content (AvgIpc) is 2.98. The Bertz CT molecular complexity index is 550. The van der Waals surface area contributed by atoms with Crippen LogP contribution in [0.1, 0.15) is 43.8 Å². The van der Waals surface area contributed by atoms with Gasteiger partial charge in [0, 0.05) is 31.3 Å². The third-order valence-electron chi connectivity index (χ3n) is 4.14. The van der Waals surface area contributed by atoms with E-state index in [1.807, 2.05) is 14.1 Å². The maximum atomic E-state index is 4.70. The number of H-pyrrole nitrogens is 1. The van der Waals surface area contributed by atoms with Crippen molar-refractivity contribution in [3.05, 3.63) is 30.1 Å². The van der Waals surface area contributed by atoms with Crippen molar-refractivity contribution in [2.75, 3.05) is 19.0 Å². The first-order valence-electron chi connectivity index (χ1n) is 7.44. The molecule has 0 spiro atoms. The van der Waals surface area contributed by atoms with Gasteiger partial charge in [0.15, 0.2) is 5.82 Å². The van der Waals surface area contributed by atoms with E-state index in [4.69, 9.17) is 4.98 Å². The van der Waals surface area contributed by atoms with E-state index >= 15 is 0 Å². The first-order valence-corrected chi connectivity index (χ1v) is 7.44. The van der Waals surface area contributed by atoms with E-state index in [-0.39, 0.29) is 0 Å². The van der Waals surface area contributed by atoms with Crippen molar-refractivity contribution in [3.8, 4) is 11.4 Å². The standard InChI is InChI=1S/C16H22N4/c1-20(2)14-10-8-13(9-11-14)16-17-15(18-19-16)12-6-4-3-5-7-12/h8-12H,3-7H2,1-2H3,(H,17,18,19). The molecule has 0 saturated heterocycles. The summed E-state index contributed by atoms with van der Waals surface area (Å²) < 4.78 is 0. The number of hydrogen-bond acceptors (Lipinski definition) is 3. The monoisotopic (exact) mass is 270 g/mol. The van der Waals surface area contributed by atoms with Gasteiger partial charge in [-0.15, -0.1) is 0 Å².